The van der Waals surface area contributed by atoms with Crippen LogP contribution < -0.4 is 14.2 Å². The fraction of sp³-hybridized carbons (Fsp3) is 0.136. The SMILES string of the molecule is O=S(=O)(Nc1cnn(CC2COc3ccccc3O2)c1)c1ccc2ccccc2c1. The van der Waals surface area contributed by atoms with Gasteiger partial charge in [-0.15, -0.1) is 0 Å². The topological polar surface area (TPSA) is 82.5 Å². The van der Waals surface area contributed by atoms with E-state index in [1.54, 1.807) is 29.1 Å². The highest BCUT2D eigenvalue weighted by atomic mass is 32.2. The highest BCUT2D eigenvalue weighted by Gasteiger charge is 2.22. The van der Waals surface area contributed by atoms with Crippen molar-refractivity contribution >= 4 is 26.5 Å². The Labute approximate surface area is 173 Å². The minimum Gasteiger partial charge on any atom is -0.486 e. The summed E-state index contributed by atoms with van der Waals surface area (Å²) in [5.41, 5.74) is 0.389. The molecule has 0 amide bonds. The summed E-state index contributed by atoms with van der Waals surface area (Å²) in [5.74, 6) is 1.41. The van der Waals surface area contributed by atoms with E-state index in [4.69, 9.17) is 9.47 Å². The van der Waals surface area contributed by atoms with Crippen LogP contribution in [0.2, 0.25) is 0 Å². The third kappa shape index (κ3) is 3.69. The fourth-order valence-corrected chi connectivity index (χ4v) is 4.49. The number of ether oxygens (including phenoxy) is 2. The number of hydrogen-bond acceptors (Lipinski definition) is 5. The maximum absolute atomic E-state index is 12.8. The van der Waals surface area contributed by atoms with Gasteiger partial charge in [-0.2, -0.15) is 5.10 Å². The Kier molecular flexibility index (Phi) is 4.55. The highest BCUT2D eigenvalue weighted by Crippen LogP contribution is 2.31. The monoisotopic (exact) mass is 421 g/mol. The molecule has 1 aromatic heterocycles. The van der Waals surface area contributed by atoms with Gasteiger partial charge in [-0.25, -0.2) is 8.42 Å². The molecule has 0 bridgehead atoms. The molecule has 0 saturated carbocycles. The molecule has 3 aromatic carbocycles. The highest BCUT2D eigenvalue weighted by molar-refractivity contribution is 7.92. The maximum Gasteiger partial charge on any atom is 0.262 e. The first kappa shape index (κ1) is 18.5. The summed E-state index contributed by atoms with van der Waals surface area (Å²) in [5, 5.41) is 6.10. The number of sulfonamides is 1. The molecule has 0 aliphatic carbocycles. The molecule has 0 fully saturated rings. The molecular formula is C22H19N3O4S. The van der Waals surface area contributed by atoms with Crippen molar-refractivity contribution in [2.75, 3.05) is 11.3 Å². The number of fused-ring (bicyclic) bond motifs is 2. The number of aromatic nitrogens is 2. The zero-order valence-corrected chi connectivity index (χ0v) is 16.7. The van der Waals surface area contributed by atoms with Crippen molar-refractivity contribution in [3.05, 3.63) is 79.1 Å². The van der Waals surface area contributed by atoms with Crippen LogP contribution in [0.3, 0.4) is 0 Å². The predicted octanol–water partition coefficient (Wildman–Crippen LogP) is 3.68. The van der Waals surface area contributed by atoms with Crippen molar-refractivity contribution in [1.82, 2.24) is 9.78 Å². The summed E-state index contributed by atoms with van der Waals surface area (Å²) in [6.07, 6.45) is 2.91. The second-order valence-electron chi connectivity index (χ2n) is 7.06. The second kappa shape index (κ2) is 7.38. The third-order valence-electron chi connectivity index (χ3n) is 4.87. The lowest BCUT2D eigenvalue weighted by molar-refractivity contribution is 0.0759. The van der Waals surface area contributed by atoms with E-state index < -0.39 is 10.0 Å². The molecule has 2 heterocycles. The number of hydrogen-bond donors (Lipinski definition) is 1. The molecule has 0 saturated heterocycles. The molecule has 8 heteroatoms. The van der Waals surface area contributed by atoms with Gasteiger partial charge in [-0.3, -0.25) is 9.40 Å². The van der Waals surface area contributed by atoms with Gasteiger partial charge in [0.15, 0.2) is 17.6 Å². The van der Waals surface area contributed by atoms with E-state index in [2.05, 4.69) is 9.82 Å². The smallest absolute Gasteiger partial charge is 0.262 e. The van der Waals surface area contributed by atoms with Gasteiger partial charge >= 0.3 is 0 Å². The van der Waals surface area contributed by atoms with Gasteiger partial charge < -0.3 is 9.47 Å². The van der Waals surface area contributed by atoms with Crippen molar-refractivity contribution < 1.29 is 17.9 Å². The van der Waals surface area contributed by atoms with Gasteiger partial charge in [-0.1, -0.05) is 42.5 Å². The summed E-state index contributed by atoms with van der Waals surface area (Å²) in [4.78, 5) is 0.203. The van der Waals surface area contributed by atoms with E-state index in [0.717, 1.165) is 16.5 Å². The Morgan fingerprint density at radius 3 is 2.63 bits per heavy atom. The van der Waals surface area contributed by atoms with Crippen molar-refractivity contribution in [2.24, 2.45) is 0 Å². The van der Waals surface area contributed by atoms with Gasteiger partial charge in [0, 0.05) is 6.20 Å². The number of nitrogens with zero attached hydrogens (tertiary/aromatic N) is 2. The fourth-order valence-electron chi connectivity index (χ4n) is 3.43. The number of nitrogens with one attached hydrogen (secondary N) is 1. The molecule has 1 aliphatic rings. The Morgan fingerprint density at radius 1 is 1.00 bits per heavy atom. The van der Waals surface area contributed by atoms with Crippen LogP contribution in [0.1, 0.15) is 0 Å². The third-order valence-corrected chi connectivity index (χ3v) is 6.25. The van der Waals surface area contributed by atoms with E-state index in [-0.39, 0.29) is 11.0 Å². The van der Waals surface area contributed by atoms with E-state index in [0.29, 0.717) is 24.6 Å². The van der Waals surface area contributed by atoms with E-state index in [1.807, 2.05) is 48.5 Å². The molecule has 1 atom stereocenters. The van der Waals surface area contributed by atoms with Gasteiger partial charge in [0.05, 0.1) is 23.3 Å². The Hall–Kier alpha value is -3.52. The Morgan fingerprint density at radius 2 is 1.77 bits per heavy atom. The minimum absolute atomic E-state index is 0.203. The summed E-state index contributed by atoms with van der Waals surface area (Å²) >= 11 is 0. The maximum atomic E-state index is 12.8. The van der Waals surface area contributed by atoms with Gasteiger partial charge in [0.25, 0.3) is 10.0 Å². The first-order chi connectivity index (χ1) is 14.6. The lowest BCUT2D eigenvalue weighted by Crippen LogP contribution is -2.33. The summed E-state index contributed by atoms with van der Waals surface area (Å²) in [6, 6.07) is 20.2. The molecule has 5 rings (SSSR count). The van der Waals surface area contributed by atoms with Gasteiger partial charge in [-0.05, 0) is 35.0 Å². The average molecular weight is 421 g/mol. The zero-order chi connectivity index (χ0) is 20.6. The van der Waals surface area contributed by atoms with Crippen LogP contribution in [-0.2, 0) is 16.6 Å². The van der Waals surface area contributed by atoms with E-state index in [1.165, 1.54) is 6.20 Å². The molecular weight excluding hydrogens is 402 g/mol. The summed E-state index contributed by atoms with van der Waals surface area (Å²) in [6.45, 7) is 0.834. The Bertz CT molecular complexity index is 1320. The number of rotatable bonds is 5. The van der Waals surface area contributed by atoms with Crippen LogP contribution in [0, 0.1) is 0 Å². The van der Waals surface area contributed by atoms with Crippen LogP contribution in [0.15, 0.2) is 84.0 Å². The summed E-state index contributed by atoms with van der Waals surface area (Å²) < 4.78 is 41.4. The first-order valence-corrected chi connectivity index (χ1v) is 11.0. The Balaban J connectivity index is 1.29. The van der Waals surface area contributed by atoms with Crippen molar-refractivity contribution in [3.63, 3.8) is 0 Å². The second-order valence-corrected chi connectivity index (χ2v) is 8.75. The van der Waals surface area contributed by atoms with Crippen LogP contribution in [0.5, 0.6) is 11.5 Å². The first-order valence-electron chi connectivity index (χ1n) is 9.49. The molecule has 30 heavy (non-hydrogen) atoms. The largest absolute Gasteiger partial charge is 0.486 e. The molecule has 7 nitrogen and oxygen atoms in total. The number of para-hydroxylation sites is 2. The standard InChI is InChI=1S/C22H19N3O4S/c26-30(27,20-10-9-16-5-1-2-6-17(16)11-20)24-18-12-23-25(13-18)14-19-15-28-21-7-3-4-8-22(21)29-19/h1-13,19,24H,14-15H2. The zero-order valence-electron chi connectivity index (χ0n) is 15.9. The molecule has 1 N–H and O–H groups in total. The lowest BCUT2D eigenvalue weighted by atomic mass is 10.1. The lowest BCUT2D eigenvalue weighted by Gasteiger charge is -2.26. The van der Waals surface area contributed by atoms with Gasteiger partial charge in [0.1, 0.15) is 6.61 Å². The van der Waals surface area contributed by atoms with E-state index >= 15 is 0 Å². The van der Waals surface area contributed by atoms with Crippen LogP contribution in [0.25, 0.3) is 10.8 Å². The van der Waals surface area contributed by atoms with E-state index in [9.17, 15) is 8.42 Å². The molecule has 0 radical (unpaired) electrons. The van der Waals surface area contributed by atoms with Crippen molar-refractivity contribution in [1.29, 1.82) is 0 Å². The molecule has 1 unspecified atom stereocenters. The normalized spacial score (nSPS) is 15.8. The van der Waals surface area contributed by atoms with Crippen molar-refractivity contribution in [3.8, 4) is 11.5 Å². The minimum atomic E-state index is -3.72. The van der Waals surface area contributed by atoms with Crippen LogP contribution >= 0.6 is 0 Å². The quantitative estimate of drug-likeness (QED) is 0.532. The molecule has 0 spiro atoms. The number of anilines is 1. The summed E-state index contributed by atoms with van der Waals surface area (Å²) in [7, 11) is -3.72. The van der Waals surface area contributed by atoms with Crippen LogP contribution in [-0.4, -0.2) is 30.9 Å². The number of benzene rings is 3. The van der Waals surface area contributed by atoms with Crippen molar-refractivity contribution in [2.45, 2.75) is 17.5 Å². The molecule has 1 aliphatic heterocycles. The van der Waals surface area contributed by atoms with Crippen LogP contribution in [0.4, 0.5) is 5.69 Å². The molecule has 152 valence electrons. The van der Waals surface area contributed by atoms with Gasteiger partial charge in [0.2, 0.25) is 0 Å². The molecule has 4 aromatic rings. The predicted molar refractivity (Wildman–Crippen MR) is 113 cm³/mol. The average Bonchev–Trinajstić information content (AvgIpc) is 3.19.